The number of hydrogen-bond donors (Lipinski definition) is 1. The van der Waals surface area contributed by atoms with Crippen LogP contribution in [0.25, 0.3) is 0 Å². The molecule has 2 heterocycles. The number of hydrogen-bond acceptors (Lipinski definition) is 3. The lowest BCUT2D eigenvalue weighted by Gasteiger charge is -2.37. The van der Waals surface area contributed by atoms with Crippen molar-refractivity contribution in [3.8, 4) is 0 Å². The zero-order valence-electron chi connectivity index (χ0n) is 5.52. The molecule has 1 unspecified atom stereocenters. The molecule has 3 heteroatoms. The fraction of sp³-hybridized carbons (Fsp3) is 1.00. The fourth-order valence-electron chi connectivity index (χ4n) is 1.27. The molecule has 2 fully saturated rings. The lowest BCUT2D eigenvalue weighted by Crippen LogP contribution is -2.56. The van der Waals surface area contributed by atoms with Crippen LogP contribution in [0.3, 0.4) is 0 Å². The van der Waals surface area contributed by atoms with E-state index in [0.29, 0.717) is 10.9 Å². The zero-order chi connectivity index (χ0) is 6.32. The van der Waals surface area contributed by atoms with Crippen LogP contribution in [0.4, 0.5) is 0 Å². The minimum Gasteiger partial charge on any atom is -0.376 e. The highest BCUT2D eigenvalue weighted by atomic mass is 32.2. The standard InChI is InChI=1S/C6H11NOS/c1-5-2-9-6(7-5)3-8-4-6/h5,7H,2-4H2,1H3. The summed E-state index contributed by atoms with van der Waals surface area (Å²) in [5, 5.41) is 3.50. The molecule has 2 aliphatic heterocycles. The highest BCUT2D eigenvalue weighted by Gasteiger charge is 2.44. The van der Waals surface area contributed by atoms with Gasteiger partial charge in [-0.25, -0.2) is 0 Å². The van der Waals surface area contributed by atoms with E-state index < -0.39 is 0 Å². The Kier molecular flexibility index (Phi) is 1.25. The molecular formula is C6H11NOS. The van der Waals surface area contributed by atoms with Gasteiger partial charge in [0.1, 0.15) is 4.87 Å². The molecule has 0 bridgehead atoms. The third-order valence-electron chi connectivity index (χ3n) is 1.79. The summed E-state index contributed by atoms with van der Waals surface area (Å²) in [6, 6.07) is 0.680. The van der Waals surface area contributed by atoms with Gasteiger partial charge in [-0.15, -0.1) is 11.8 Å². The van der Waals surface area contributed by atoms with Gasteiger partial charge in [-0.05, 0) is 6.92 Å². The minimum absolute atomic E-state index is 0.333. The van der Waals surface area contributed by atoms with E-state index in [1.54, 1.807) is 0 Å². The van der Waals surface area contributed by atoms with Crippen molar-refractivity contribution >= 4 is 11.8 Å². The third-order valence-corrected chi connectivity index (χ3v) is 3.36. The Hall–Kier alpha value is 0.270. The molecule has 2 rings (SSSR count). The molecule has 2 aliphatic rings. The second kappa shape index (κ2) is 1.87. The molecule has 2 saturated heterocycles. The molecule has 0 aromatic carbocycles. The van der Waals surface area contributed by atoms with Crippen LogP contribution in [0.1, 0.15) is 6.92 Å². The van der Waals surface area contributed by atoms with Gasteiger partial charge in [0, 0.05) is 11.8 Å². The lowest BCUT2D eigenvalue weighted by atomic mass is 10.2. The molecule has 1 atom stereocenters. The highest BCUT2D eigenvalue weighted by molar-refractivity contribution is 8.01. The Morgan fingerprint density at radius 2 is 2.44 bits per heavy atom. The van der Waals surface area contributed by atoms with Crippen molar-refractivity contribution in [3.63, 3.8) is 0 Å². The molecule has 0 aromatic heterocycles. The van der Waals surface area contributed by atoms with Gasteiger partial charge in [0.2, 0.25) is 0 Å². The van der Waals surface area contributed by atoms with E-state index in [9.17, 15) is 0 Å². The largest absolute Gasteiger partial charge is 0.376 e. The molecule has 0 saturated carbocycles. The zero-order valence-corrected chi connectivity index (χ0v) is 6.33. The average Bonchev–Trinajstić information content (AvgIpc) is 2.09. The molecule has 0 aromatic rings. The van der Waals surface area contributed by atoms with Crippen molar-refractivity contribution in [3.05, 3.63) is 0 Å². The Balaban J connectivity index is 1.99. The van der Waals surface area contributed by atoms with Crippen LogP contribution >= 0.6 is 11.8 Å². The summed E-state index contributed by atoms with van der Waals surface area (Å²) in [5.41, 5.74) is 0. The van der Waals surface area contributed by atoms with Crippen LogP contribution < -0.4 is 5.32 Å². The highest BCUT2D eigenvalue weighted by Crippen LogP contribution is 2.36. The second-order valence-corrected chi connectivity index (χ2v) is 4.25. The molecule has 52 valence electrons. The van der Waals surface area contributed by atoms with E-state index in [-0.39, 0.29) is 0 Å². The van der Waals surface area contributed by atoms with Crippen LogP contribution in [0, 0.1) is 0 Å². The minimum atomic E-state index is 0.333. The quantitative estimate of drug-likeness (QED) is 0.534. The number of nitrogens with one attached hydrogen (secondary N) is 1. The maximum absolute atomic E-state index is 5.12. The smallest absolute Gasteiger partial charge is 0.112 e. The van der Waals surface area contributed by atoms with Crippen molar-refractivity contribution in [2.45, 2.75) is 17.8 Å². The third kappa shape index (κ3) is 0.876. The Morgan fingerprint density at radius 3 is 2.67 bits per heavy atom. The molecule has 0 radical (unpaired) electrons. The molecular weight excluding hydrogens is 134 g/mol. The maximum Gasteiger partial charge on any atom is 0.112 e. The van der Waals surface area contributed by atoms with E-state index in [1.807, 2.05) is 11.8 Å². The van der Waals surface area contributed by atoms with Crippen molar-refractivity contribution in [2.75, 3.05) is 19.0 Å². The van der Waals surface area contributed by atoms with Gasteiger partial charge in [-0.1, -0.05) is 0 Å². The summed E-state index contributed by atoms with van der Waals surface area (Å²) in [5.74, 6) is 1.24. The Labute approximate surface area is 59.3 Å². The molecule has 2 nitrogen and oxygen atoms in total. The molecule has 9 heavy (non-hydrogen) atoms. The summed E-state index contributed by atoms with van der Waals surface area (Å²) in [4.78, 5) is 0.333. The first-order valence-corrected chi connectivity index (χ1v) is 4.29. The van der Waals surface area contributed by atoms with E-state index >= 15 is 0 Å². The fourth-order valence-corrected chi connectivity index (χ4v) is 2.54. The van der Waals surface area contributed by atoms with E-state index in [1.165, 1.54) is 5.75 Å². The SMILES string of the molecule is CC1CSC2(COC2)N1. The second-order valence-electron chi connectivity index (χ2n) is 2.84. The number of thioether (sulfide) groups is 1. The topological polar surface area (TPSA) is 21.3 Å². The van der Waals surface area contributed by atoms with Crippen LogP contribution in [0.5, 0.6) is 0 Å². The molecule has 0 amide bonds. The summed E-state index contributed by atoms with van der Waals surface area (Å²) < 4.78 is 5.12. The summed E-state index contributed by atoms with van der Waals surface area (Å²) in [7, 11) is 0. The van der Waals surface area contributed by atoms with Crippen molar-refractivity contribution < 1.29 is 4.74 Å². The first-order chi connectivity index (χ1) is 4.31. The number of rotatable bonds is 0. The Bertz CT molecular complexity index is 124. The van der Waals surface area contributed by atoms with Gasteiger partial charge >= 0.3 is 0 Å². The van der Waals surface area contributed by atoms with Gasteiger partial charge in [0.25, 0.3) is 0 Å². The van der Waals surface area contributed by atoms with Crippen molar-refractivity contribution in [1.29, 1.82) is 0 Å². The Morgan fingerprint density at radius 1 is 1.67 bits per heavy atom. The first kappa shape index (κ1) is 6.01. The van der Waals surface area contributed by atoms with Crippen LogP contribution in [0.15, 0.2) is 0 Å². The van der Waals surface area contributed by atoms with Gasteiger partial charge in [-0.2, -0.15) is 0 Å². The summed E-state index contributed by atoms with van der Waals surface area (Å²) >= 11 is 2.00. The van der Waals surface area contributed by atoms with Crippen LogP contribution in [0.2, 0.25) is 0 Å². The summed E-state index contributed by atoms with van der Waals surface area (Å²) in [6.07, 6.45) is 0. The van der Waals surface area contributed by atoms with Crippen molar-refractivity contribution in [2.24, 2.45) is 0 Å². The van der Waals surface area contributed by atoms with Gasteiger partial charge < -0.3 is 4.74 Å². The normalized spacial score (nSPS) is 39.0. The van der Waals surface area contributed by atoms with Crippen LogP contribution in [-0.4, -0.2) is 29.9 Å². The van der Waals surface area contributed by atoms with E-state index in [0.717, 1.165) is 13.2 Å². The lowest BCUT2D eigenvalue weighted by molar-refractivity contribution is -0.0231. The monoisotopic (exact) mass is 145 g/mol. The molecule has 1 N–H and O–H groups in total. The summed E-state index contributed by atoms with van der Waals surface area (Å²) in [6.45, 7) is 4.03. The number of ether oxygens (including phenoxy) is 1. The molecule has 1 spiro atoms. The van der Waals surface area contributed by atoms with Gasteiger partial charge in [-0.3, -0.25) is 5.32 Å². The van der Waals surface area contributed by atoms with E-state index in [2.05, 4.69) is 12.2 Å². The van der Waals surface area contributed by atoms with E-state index in [4.69, 9.17) is 4.74 Å². The average molecular weight is 145 g/mol. The first-order valence-electron chi connectivity index (χ1n) is 3.30. The predicted octanol–water partition coefficient (Wildman–Crippen LogP) is 0.438. The predicted molar refractivity (Wildman–Crippen MR) is 38.6 cm³/mol. The van der Waals surface area contributed by atoms with Crippen LogP contribution in [-0.2, 0) is 4.74 Å². The van der Waals surface area contributed by atoms with Crippen molar-refractivity contribution in [1.82, 2.24) is 5.32 Å². The van der Waals surface area contributed by atoms with Gasteiger partial charge in [0.15, 0.2) is 0 Å². The molecule has 0 aliphatic carbocycles. The maximum atomic E-state index is 5.12. The van der Waals surface area contributed by atoms with Gasteiger partial charge in [0.05, 0.1) is 13.2 Å².